The molecule has 2 aromatic heterocycles. The number of rotatable bonds is 5. The number of thiophene rings is 1. The highest BCUT2D eigenvalue weighted by Gasteiger charge is 2.09. The Morgan fingerprint density at radius 2 is 2.29 bits per heavy atom. The lowest BCUT2D eigenvalue weighted by atomic mass is 10.2. The highest BCUT2D eigenvalue weighted by molar-refractivity contribution is 7.07. The first-order chi connectivity index (χ1) is 8.29. The zero-order valence-corrected chi connectivity index (χ0v) is 10.1. The first-order valence-electron chi connectivity index (χ1n) is 5.37. The summed E-state index contributed by atoms with van der Waals surface area (Å²) in [6.07, 6.45) is 0.833. The maximum absolute atomic E-state index is 11.7. The number of nitrogens with two attached hydrogens (primary N) is 1. The molecular formula is C12H14N2O2S. The lowest BCUT2D eigenvalue weighted by Crippen LogP contribution is -2.25. The van der Waals surface area contributed by atoms with Gasteiger partial charge in [-0.25, -0.2) is 0 Å². The highest BCUT2D eigenvalue weighted by atomic mass is 32.1. The van der Waals surface area contributed by atoms with Crippen molar-refractivity contribution >= 4 is 17.2 Å². The van der Waals surface area contributed by atoms with Gasteiger partial charge in [0.2, 0.25) is 0 Å². The normalized spacial score (nSPS) is 10.4. The average molecular weight is 250 g/mol. The molecule has 0 fully saturated rings. The second-order valence-electron chi connectivity index (χ2n) is 3.61. The fourth-order valence-electron chi connectivity index (χ4n) is 1.45. The van der Waals surface area contributed by atoms with Crippen LogP contribution >= 0.6 is 11.3 Å². The number of carbonyl (C=O) groups is 1. The third kappa shape index (κ3) is 3.18. The summed E-state index contributed by atoms with van der Waals surface area (Å²) in [5.41, 5.74) is 6.64. The van der Waals surface area contributed by atoms with Crippen molar-refractivity contribution in [3.05, 3.63) is 46.0 Å². The van der Waals surface area contributed by atoms with Crippen molar-refractivity contribution in [3.8, 4) is 0 Å². The Hall–Kier alpha value is -1.59. The maximum Gasteiger partial charge on any atom is 0.287 e. The van der Waals surface area contributed by atoms with Gasteiger partial charge >= 0.3 is 0 Å². The molecule has 4 nitrogen and oxygen atoms in total. The molecule has 0 bridgehead atoms. The first kappa shape index (κ1) is 11.9. The van der Waals surface area contributed by atoms with Gasteiger partial charge in [-0.05, 0) is 40.9 Å². The molecule has 0 aromatic carbocycles. The molecular weight excluding hydrogens is 236 g/mol. The molecule has 0 saturated heterocycles. The summed E-state index contributed by atoms with van der Waals surface area (Å²) in [4.78, 5) is 11.7. The predicted molar refractivity (Wildman–Crippen MR) is 67.0 cm³/mol. The topological polar surface area (TPSA) is 68.3 Å². The molecule has 0 saturated carbocycles. The van der Waals surface area contributed by atoms with Gasteiger partial charge in [0.25, 0.3) is 5.91 Å². The lowest BCUT2D eigenvalue weighted by Gasteiger charge is -2.01. The summed E-state index contributed by atoms with van der Waals surface area (Å²) in [5, 5.41) is 6.91. The second-order valence-corrected chi connectivity index (χ2v) is 4.39. The van der Waals surface area contributed by atoms with Crippen molar-refractivity contribution in [2.45, 2.75) is 13.0 Å². The van der Waals surface area contributed by atoms with Crippen molar-refractivity contribution in [3.63, 3.8) is 0 Å². The number of hydrogen-bond donors (Lipinski definition) is 2. The average Bonchev–Trinajstić information content (AvgIpc) is 2.99. The molecule has 2 aromatic rings. The summed E-state index contributed by atoms with van der Waals surface area (Å²) >= 11 is 1.66. The van der Waals surface area contributed by atoms with Gasteiger partial charge in [-0.3, -0.25) is 4.79 Å². The van der Waals surface area contributed by atoms with Gasteiger partial charge in [-0.2, -0.15) is 11.3 Å². The summed E-state index contributed by atoms with van der Waals surface area (Å²) in [6.45, 7) is 0.913. The Labute approximate surface area is 103 Å². The van der Waals surface area contributed by atoms with Crippen LogP contribution in [0, 0.1) is 0 Å². The molecule has 17 heavy (non-hydrogen) atoms. The number of amides is 1. The van der Waals surface area contributed by atoms with Crippen LogP contribution in [0.25, 0.3) is 0 Å². The van der Waals surface area contributed by atoms with E-state index < -0.39 is 0 Å². The van der Waals surface area contributed by atoms with Crippen molar-refractivity contribution < 1.29 is 9.21 Å². The minimum Gasteiger partial charge on any atom is -0.455 e. The van der Waals surface area contributed by atoms with Crippen molar-refractivity contribution in [2.75, 3.05) is 6.54 Å². The molecule has 0 unspecified atom stereocenters. The van der Waals surface area contributed by atoms with E-state index in [1.54, 1.807) is 23.5 Å². The lowest BCUT2D eigenvalue weighted by molar-refractivity contribution is 0.0925. The minimum absolute atomic E-state index is 0.195. The molecule has 0 aliphatic rings. The zero-order chi connectivity index (χ0) is 12.1. The predicted octanol–water partition coefficient (Wildman–Crippen LogP) is 1.77. The standard InChI is InChI=1S/C12H14N2O2S/c13-7-10-1-2-11(16-10)12(15)14-5-3-9-4-6-17-8-9/h1-2,4,6,8H,3,5,7,13H2,(H,14,15). The molecule has 1 amide bonds. The van der Waals surface area contributed by atoms with Gasteiger partial charge in [-0.1, -0.05) is 0 Å². The summed E-state index contributed by atoms with van der Waals surface area (Å²) in [6, 6.07) is 5.41. The van der Waals surface area contributed by atoms with E-state index in [4.69, 9.17) is 10.2 Å². The Morgan fingerprint density at radius 1 is 1.41 bits per heavy atom. The van der Waals surface area contributed by atoms with Gasteiger partial charge in [0.15, 0.2) is 5.76 Å². The molecule has 2 heterocycles. The molecule has 0 radical (unpaired) electrons. The summed E-state index contributed by atoms with van der Waals surface area (Å²) < 4.78 is 5.25. The van der Waals surface area contributed by atoms with Gasteiger partial charge < -0.3 is 15.5 Å². The van der Waals surface area contributed by atoms with E-state index in [2.05, 4.69) is 16.8 Å². The number of nitrogens with one attached hydrogen (secondary N) is 1. The number of hydrogen-bond acceptors (Lipinski definition) is 4. The minimum atomic E-state index is -0.195. The zero-order valence-electron chi connectivity index (χ0n) is 9.31. The van der Waals surface area contributed by atoms with E-state index in [9.17, 15) is 4.79 Å². The van der Waals surface area contributed by atoms with Gasteiger partial charge in [-0.15, -0.1) is 0 Å². The van der Waals surface area contributed by atoms with E-state index in [1.165, 1.54) is 5.56 Å². The Morgan fingerprint density at radius 3 is 2.94 bits per heavy atom. The number of carbonyl (C=O) groups excluding carboxylic acids is 1. The summed E-state index contributed by atoms with van der Waals surface area (Å²) in [7, 11) is 0. The molecule has 0 aliphatic carbocycles. The van der Waals surface area contributed by atoms with Gasteiger partial charge in [0.05, 0.1) is 6.54 Å². The van der Waals surface area contributed by atoms with E-state index in [1.807, 2.05) is 5.38 Å². The van der Waals surface area contributed by atoms with E-state index in [0.717, 1.165) is 6.42 Å². The molecule has 0 atom stereocenters. The monoisotopic (exact) mass is 250 g/mol. The largest absolute Gasteiger partial charge is 0.455 e. The molecule has 2 rings (SSSR count). The maximum atomic E-state index is 11.7. The van der Waals surface area contributed by atoms with Crippen LogP contribution in [-0.2, 0) is 13.0 Å². The Bertz CT molecular complexity index is 476. The van der Waals surface area contributed by atoms with Crippen molar-refractivity contribution in [1.82, 2.24) is 5.32 Å². The smallest absolute Gasteiger partial charge is 0.287 e. The molecule has 5 heteroatoms. The van der Waals surface area contributed by atoms with Crippen LogP contribution in [-0.4, -0.2) is 12.5 Å². The highest BCUT2D eigenvalue weighted by Crippen LogP contribution is 2.08. The summed E-state index contributed by atoms with van der Waals surface area (Å²) in [5.74, 6) is 0.740. The molecule has 0 aliphatic heterocycles. The SMILES string of the molecule is NCc1ccc(C(=O)NCCc2ccsc2)o1. The fourth-order valence-corrected chi connectivity index (χ4v) is 2.16. The van der Waals surface area contributed by atoms with Crippen LogP contribution in [0.3, 0.4) is 0 Å². The van der Waals surface area contributed by atoms with Crippen LogP contribution in [0.15, 0.2) is 33.4 Å². The van der Waals surface area contributed by atoms with Crippen LogP contribution in [0.2, 0.25) is 0 Å². The quantitative estimate of drug-likeness (QED) is 0.849. The van der Waals surface area contributed by atoms with Crippen LogP contribution in [0.1, 0.15) is 21.9 Å². The van der Waals surface area contributed by atoms with Crippen molar-refractivity contribution in [2.24, 2.45) is 5.73 Å². The Balaban J connectivity index is 1.81. The second kappa shape index (κ2) is 5.65. The fraction of sp³-hybridized carbons (Fsp3) is 0.250. The van der Waals surface area contributed by atoms with Gasteiger partial charge in [0.1, 0.15) is 5.76 Å². The third-order valence-corrected chi connectivity index (χ3v) is 3.10. The molecule has 0 spiro atoms. The molecule has 3 N–H and O–H groups in total. The Kier molecular flexibility index (Phi) is 3.95. The van der Waals surface area contributed by atoms with E-state index in [0.29, 0.717) is 24.6 Å². The number of furan rings is 1. The van der Waals surface area contributed by atoms with Crippen LogP contribution in [0.5, 0.6) is 0 Å². The molecule has 90 valence electrons. The third-order valence-electron chi connectivity index (χ3n) is 2.37. The van der Waals surface area contributed by atoms with Crippen LogP contribution < -0.4 is 11.1 Å². The van der Waals surface area contributed by atoms with E-state index >= 15 is 0 Å². The van der Waals surface area contributed by atoms with Gasteiger partial charge in [0, 0.05) is 6.54 Å². The van der Waals surface area contributed by atoms with Crippen molar-refractivity contribution in [1.29, 1.82) is 0 Å². The van der Waals surface area contributed by atoms with Crippen LogP contribution in [0.4, 0.5) is 0 Å². The first-order valence-corrected chi connectivity index (χ1v) is 6.32. The van der Waals surface area contributed by atoms with E-state index in [-0.39, 0.29) is 5.91 Å².